The maximum atomic E-state index is 12.5. The molecule has 0 unspecified atom stereocenters. The molecule has 0 saturated carbocycles. The van der Waals surface area contributed by atoms with Crippen molar-refractivity contribution in [3.8, 4) is 0 Å². The molecule has 5 nitrogen and oxygen atoms in total. The number of sulfonamides is 1. The van der Waals surface area contributed by atoms with Gasteiger partial charge in [-0.2, -0.15) is 4.31 Å². The molecule has 0 aliphatic carbocycles. The van der Waals surface area contributed by atoms with Crippen molar-refractivity contribution < 1.29 is 13.2 Å². The van der Waals surface area contributed by atoms with Crippen LogP contribution in [-0.2, 0) is 10.0 Å². The molecule has 0 bridgehead atoms. The van der Waals surface area contributed by atoms with E-state index in [-0.39, 0.29) is 16.8 Å². The molecule has 0 atom stereocenters. The Bertz CT molecular complexity index is 1010. The smallest absolute Gasteiger partial charge is 0.265 e. The second-order valence-corrected chi connectivity index (χ2v) is 9.32. The van der Waals surface area contributed by atoms with Crippen LogP contribution >= 0.6 is 11.3 Å². The molecule has 7 heteroatoms. The van der Waals surface area contributed by atoms with Crippen molar-refractivity contribution in [3.05, 3.63) is 59.5 Å². The van der Waals surface area contributed by atoms with E-state index in [0.717, 1.165) is 10.1 Å². The second kappa shape index (κ2) is 7.19. The van der Waals surface area contributed by atoms with Gasteiger partial charge in [0.1, 0.15) is 0 Å². The van der Waals surface area contributed by atoms with E-state index in [0.29, 0.717) is 10.6 Å². The van der Waals surface area contributed by atoms with E-state index >= 15 is 0 Å². The molecule has 1 heterocycles. The summed E-state index contributed by atoms with van der Waals surface area (Å²) in [6.07, 6.45) is 0. The van der Waals surface area contributed by atoms with Gasteiger partial charge in [-0.1, -0.05) is 18.2 Å². The Balaban J connectivity index is 1.78. The molecule has 0 fully saturated rings. The lowest BCUT2D eigenvalue weighted by molar-refractivity contribution is 0.103. The summed E-state index contributed by atoms with van der Waals surface area (Å²) in [7, 11) is -1.98. The van der Waals surface area contributed by atoms with Crippen molar-refractivity contribution in [1.29, 1.82) is 0 Å². The Morgan fingerprint density at radius 1 is 1.08 bits per heavy atom. The number of carbonyl (C=O) groups excluding carboxylic acids is 1. The van der Waals surface area contributed by atoms with Gasteiger partial charge in [0.15, 0.2) is 0 Å². The van der Waals surface area contributed by atoms with E-state index in [1.54, 1.807) is 19.2 Å². The van der Waals surface area contributed by atoms with Crippen LogP contribution in [0.3, 0.4) is 0 Å². The number of benzene rings is 2. The number of hydrogen-bond acceptors (Lipinski definition) is 4. The third kappa shape index (κ3) is 3.65. The van der Waals surface area contributed by atoms with Crippen molar-refractivity contribution in [2.45, 2.75) is 24.8 Å². The van der Waals surface area contributed by atoms with E-state index in [2.05, 4.69) is 5.32 Å². The molecule has 0 radical (unpaired) electrons. The van der Waals surface area contributed by atoms with E-state index in [9.17, 15) is 13.2 Å². The van der Waals surface area contributed by atoms with Crippen molar-refractivity contribution >= 4 is 43.0 Å². The normalized spacial score (nSPS) is 12.0. The topological polar surface area (TPSA) is 66.5 Å². The SMILES string of the molecule is CC(C)N(C)S(=O)(=O)c1ccc(NC(=O)c2cc3ccccc3s2)cc1. The van der Waals surface area contributed by atoms with Gasteiger partial charge in [0, 0.05) is 23.5 Å². The second-order valence-electron chi connectivity index (χ2n) is 6.24. The minimum Gasteiger partial charge on any atom is -0.321 e. The van der Waals surface area contributed by atoms with Gasteiger partial charge in [-0.25, -0.2) is 8.42 Å². The first-order chi connectivity index (χ1) is 12.3. The lowest BCUT2D eigenvalue weighted by Gasteiger charge is -2.21. The van der Waals surface area contributed by atoms with Crippen LogP contribution in [0.4, 0.5) is 5.69 Å². The van der Waals surface area contributed by atoms with Gasteiger partial charge < -0.3 is 5.32 Å². The standard InChI is InChI=1S/C19H20N2O3S2/c1-13(2)21(3)26(23,24)16-10-8-15(9-11-16)20-19(22)18-12-14-6-4-5-7-17(14)25-18/h4-13H,1-3H3,(H,20,22). The molecular weight excluding hydrogens is 368 g/mol. The van der Waals surface area contributed by atoms with Crippen LogP contribution in [0.15, 0.2) is 59.5 Å². The van der Waals surface area contributed by atoms with E-state index in [1.807, 2.05) is 44.2 Å². The van der Waals surface area contributed by atoms with E-state index < -0.39 is 10.0 Å². The summed E-state index contributed by atoms with van der Waals surface area (Å²) < 4.78 is 27.3. The predicted molar refractivity (Wildman–Crippen MR) is 106 cm³/mol. The third-order valence-electron chi connectivity index (χ3n) is 4.17. The number of fused-ring (bicyclic) bond motifs is 1. The van der Waals surface area contributed by atoms with Gasteiger partial charge in [0.2, 0.25) is 10.0 Å². The van der Waals surface area contributed by atoms with Gasteiger partial charge in [-0.05, 0) is 55.6 Å². The van der Waals surface area contributed by atoms with Crippen LogP contribution in [0, 0.1) is 0 Å². The van der Waals surface area contributed by atoms with Crippen molar-refractivity contribution in [2.75, 3.05) is 12.4 Å². The lowest BCUT2D eigenvalue weighted by Crippen LogP contribution is -2.33. The Morgan fingerprint density at radius 2 is 1.73 bits per heavy atom. The number of thiophene rings is 1. The lowest BCUT2D eigenvalue weighted by atomic mass is 10.2. The minimum atomic E-state index is -3.53. The first kappa shape index (κ1) is 18.6. The summed E-state index contributed by atoms with van der Waals surface area (Å²) in [5, 5.41) is 3.84. The quantitative estimate of drug-likeness (QED) is 0.713. The largest absolute Gasteiger partial charge is 0.321 e. The highest BCUT2D eigenvalue weighted by Crippen LogP contribution is 2.26. The number of carbonyl (C=O) groups is 1. The van der Waals surface area contributed by atoms with Gasteiger partial charge in [-0.3, -0.25) is 4.79 Å². The molecule has 2 aromatic carbocycles. The highest BCUT2D eigenvalue weighted by molar-refractivity contribution is 7.89. The fraction of sp³-hybridized carbons (Fsp3) is 0.211. The Labute approximate surface area is 157 Å². The van der Waals surface area contributed by atoms with Crippen LogP contribution in [0.5, 0.6) is 0 Å². The molecule has 0 aliphatic rings. The molecular formula is C19H20N2O3S2. The molecule has 3 rings (SSSR count). The summed E-state index contributed by atoms with van der Waals surface area (Å²) in [4.78, 5) is 13.3. The molecule has 1 N–H and O–H groups in total. The molecule has 0 spiro atoms. The Morgan fingerprint density at radius 3 is 2.35 bits per heavy atom. The molecule has 136 valence electrons. The number of amides is 1. The van der Waals surface area contributed by atoms with Crippen LogP contribution < -0.4 is 5.32 Å². The summed E-state index contributed by atoms with van der Waals surface area (Å²) >= 11 is 1.42. The van der Waals surface area contributed by atoms with Gasteiger partial charge in [0.05, 0.1) is 9.77 Å². The maximum absolute atomic E-state index is 12.5. The molecule has 26 heavy (non-hydrogen) atoms. The minimum absolute atomic E-state index is 0.132. The first-order valence-electron chi connectivity index (χ1n) is 8.17. The number of hydrogen-bond donors (Lipinski definition) is 1. The average molecular weight is 389 g/mol. The zero-order valence-corrected chi connectivity index (χ0v) is 16.4. The zero-order valence-electron chi connectivity index (χ0n) is 14.8. The van der Waals surface area contributed by atoms with Gasteiger partial charge >= 0.3 is 0 Å². The zero-order chi connectivity index (χ0) is 18.9. The fourth-order valence-electron chi connectivity index (χ4n) is 2.44. The fourth-order valence-corrected chi connectivity index (χ4v) is 4.77. The Hall–Kier alpha value is -2.22. The van der Waals surface area contributed by atoms with E-state index in [1.165, 1.54) is 27.8 Å². The Kier molecular flexibility index (Phi) is 5.13. The number of rotatable bonds is 5. The summed E-state index contributed by atoms with van der Waals surface area (Å²) in [6, 6.07) is 15.8. The summed E-state index contributed by atoms with van der Waals surface area (Å²) in [5.41, 5.74) is 0.554. The van der Waals surface area contributed by atoms with Crippen LogP contribution in [0.1, 0.15) is 23.5 Å². The molecule has 3 aromatic rings. The maximum Gasteiger partial charge on any atom is 0.265 e. The molecule has 1 aromatic heterocycles. The van der Waals surface area contributed by atoms with Gasteiger partial charge in [-0.15, -0.1) is 11.3 Å². The van der Waals surface area contributed by atoms with Crippen LogP contribution in [0.2, 0.25) is 0 Å². The summed E-state index contributed by atoms with van der Waals surface area (Å²) in [6.45, 7) is 3.63. The van der Waals surface area contributed by atoms with Crippen LogP contribution in [0.25, 0.3) is 10.1 Å². The van der Waals surface area contributed by atoms with Gasteiger partial charge in [0.25, 0.3) is 5.91 Å². The average Bonchev–Trinajstić information content (AvgIpc) is 3.05. The number of anilines is 1. The van der Waals surface area contributed by atoms with E-state index in [4.69, 9.17) is 0 Å². The predicted octanol–water partition coefficient (Wildman–Crippen LogP) is 4.18. The highest BCUT2D eigenvalue weighted by Gasteiger charge is 2.22. The molecule has 1 amide bonds. The highest BCUT2D eigenvalue weighted by atomic mass is 32.2. The molecule has 0 aliphatic heterocycles. The monoisotopic (exact) mass is 388 g/mol. The summed E-state index contributed by atoms with van der Waals surface area (Å²) in [5.74, 6) is -0.207. The third-order valence-corrected chi connectivity index (χ3v) is 7.33. The first-order valence-corrected chi connectivity index (χ1v) is 10.4. The van der Waals surface area contributed by atoms with Crippen molar-refractivity contribution in [3.63, 3.8) is 0 Å². The number of nitrogens with zero attached hydrogens (tertiary/aromatic N) is 1. The van der Waals surface area contributed by atoms with Crippen molar-refractivity contribution in [2.24, 2.45) is 0 Å². The van der Waals surface area contributed by atoms with Crippen molar-refractivity contribution in [1.82, 2.24) is 4.31 Å². The number of nitrogens with one attached hydrogen (secondary N) is 1. The molecule has 0 saturated heterocycles. The van der Waals surface area contributed by atoms with Crippen LogP contribution in [-0.4, -0.2) is 31.7 Å².